The van der Waals surface area contributed by atoms with Gasteiger partial charge in [-0.3, -0.25) is 18.0 Å². The van der Waals surface area contributed by atoms with Crippen molar-refractivity contribution in [1.82, 2.24) is 19.5 Å². The van der Waals surface area contributed by atoms with E-state index in [1.54, 1.807) is 6.26 Å². The molecule has 0 aromatic carbocycles. The van der Waals surface area contributed by atoms with E-state index in [1.807, 2.05) is 0 Å². The van der Waals surface area contributed by atoms with E-state index in [2.05, 4.69) is 19.3 Å². The maximum absolute atomic E-state index is 12.3. The van der Waals surface area contributed by atoms with E-state index in [1.165, 1.54) is 22.7 Å². The van der Waals surface area contributed by atoms with Crippen LogP contribution in [0.1, 0.15) is 6.23 Å². The fraction of sp³-hybridized carbons (Fsp3) is 0.583. The normalized spacial score (nSPS) is 27.1. The van der Waals surface area contributed by atoms with Crippen LogP contribution in [0, 0.1) is 0 Å². The van der Waals surface area contributed by atoms with Crippen LogP contribution < -0.4 is 5.73 Å². The molecule has 0 amide bonds. The van der Waals surface area contributed by atoms with Crippen molar-refractivity contribution in [3.63, 3.8) is 0 Å². The summed E-state index contributed by atoms with van der Waals surface area (Å²) in [5.41, 5.74) is 6.22. The van der Waals surface area contributed by atoms with E-state index in [0.29, 0.717) is 5.16 Å². The van der Waals surface area contributed by atoms with E-state index in [-0.39, 0.29) is 17.0 Å². The molecule has 16 nitrogen and oxygen atoms in total. The van der Waals surface area contributed by atoms with Crippen LogP contribution in [0.5, 0.6) is 0 Å². The van der Waals surface area contributed by atoms with Crippen LogP contribution in [-0.2, 0) is 27.3 Å². The number of rotatable bonds is 9. The summed E-state index contributed by atoms with van der Waals surface area (Å²) in [7, 11) is -11.3. The number of imidazole rings is 1. The minimum Gasteiger partial charge on any atom is -0.443 e. The smallest absolute Gasteiger partial charge is 0.381 e. The minimum absolute atomic E-state index is 0.0608. The molecule has 0 bridgehead atoms. The number of fused-ring (bicyclic) bond motifs is 1. The number of aliphatic hydroxyl groups excluding tert-OH is 2. The highest BCUT2D eigenvalue weighted by Crippen LogP contribution is 2.79. The van der Waals surface area contributed by atoms with E-state index in [4.69, 9.17) is 55.5 Å². The molecule has 2 aromatic rings. The average molecular weight is 614 g/mol. The lowest BCUT2D eigenvalue weighted by Crippen LogP contribution is -2.33. The maximum Gasteiger partial charge on any atom is 0.381 e. The Balaban J connectivity index is 1.76. The quantitative estimate of drug-likeness (QED) is 0.0740. The fourth-order valence-corrected chi connectivity index (χ4v) is 7.60. The van der Waals surface area contributed by atoms with Gasteiger partial charge in [0.25, 0.3) is 0 Å². The molecule has 23 heteroatoms. The Morgan fingerprint density at radius 1 is 1.26 bits per heavy atom. The molecule has 3 heterocycles. The number of aliphatic hydroxyl groups is 2. The maximum atomic E-state index is 12.3. The molecule has 0 saturated carbocycles. The van der Waals surface area contributed by atoms with Gasteiger partial charge in [-0.15, -0.1) is 0 Å². The second-order valence-electron chi connectivity index (χ2n) is 6.96. The summed E-state index contributed by atoms with van der Waals surface area (Å²) >= 11 is 11.7. The zero-order valence-corrected chi connectivity index (χ0v) is 22.2. The standard InChI is InChI=1S/C12H17BCl2N5O11P3S/c1-35-11-18-8(16)5-9(19-11)20(3-17-5)10-7(22)6(21)4(30-10)2-29-34(13,28)31-33(26,27)12(14,15)32(23,24)25/h3-4,6-7,10,21-22H,2H2,1H3,(H,26,27)(H2,16,18,19)(H2,23,24,25)/q-1/t4-,6-,7-,10-,34?/m1/s1. The van der Waals surface area contributed by atoms with Crippen LogP contribution in [0.25, 0.3) is 11.2 Å². The van der Waals surface area contributed by atoms with Crippen LogP contribution in [0.3, 0.4) is 0 Å². The van der Waals surface area contributed by atoms with Gasteiger partial charge in [0.1, 0.15) is 23.8 Å². The highest BCUT2D eigenvalue weighted by molar-refractivity contribution is 7.98. The van der Waals surface area contributed by atoms with Crippen LogP contribution in [-0.4, -0.2) is 87.0 Å². The molecule has 6 atom stereocenters. The summed E-state index contributed by atoms with van der Waals surface area (Å²) in [6.07, 6.45) is -3.04. The molecule has 3 rings (SSSR count). The van der Waals surface area contributed by atoms with Crippen molar-refractivity contribution in [1.29, 1.82) is 0 Å². The number of alkyl halides is 2. The van der Waals surface area contributed by atoms with Crippen molar-refractivity contribution in [3.8, 4) is 0 Å². The molecular formula is C12H17BCl2N5O11P3S-. The van der Waals surface area contributed by atoms with Crippen LogP contribution >= 0.6 is 57.6 Å². The van der Waals surface area contributed by atoms with Crippen molar-refractivity contribution < 1.29 is 52.2 Å². The second-order valence-corrected chi connectivity index (χ2v) is 15.9. The lowest BCUT2D eigenvalue weighted by atomic mass is 10.1. The topological polar surface area (TPSA) is 250 Å². The molecule has 1 aliphatic heterocycles. The average Bonchev–Trinajstić information content (AvgIpc) is 3.26. The number of halogens is 2. The van der Waals surface area contributed by atoms with Gasteiger partial charge in [0, 0.05) is 0 Å². The van der Waals surface area contributed by atoms with Gasteiger partial charge in [-0.05, 0) is 6.26 Å². The Kier molecular flexibility index (Phi) is 8.46. The van der Waals surface area contributed by atoms with Crippen molar-refractivity contribution >= 4 is 82.2 Å². The molecule has 1 saturated heterocycles. The third kappa shape index (κ3) is 5.76. The molecule has 2 unspecified atom stereocenters. The Morgan fingerprint density at radius 3 is 2.46 bits per heavy atom. The third-order valence-electron chi connectivity index (χ3n) is 4.56. The molecule has 3 radical (unpaired) electrons. The van der Waals surface area contributed by atoms with Gasteiger partial charge in [0.05, 0.1) is 20.4 Å². The lowest BCUT2D eigenvalue weighted by molar-refractivity contribution is -0.0478. The molecule has 1 fully saturated rings. The number of nitrogens with zero attached hydrogens (tertiary/aromatic N) is 4. The van der Waals surface area contributed by atoms with Crippen molar-refractivity contribution in [2.24, 2.45) is 0 Å². The van der Waals surface area contributed by atoms with Gasteiger partial charge in [0.2, 0.25) is 0 Å². The Morgan fingerprint density at radius 2 is 1.89 bits per heavy atom. The van der Waals surface area contributed by atoms with Crippen LogP contribution in [0.2, 0.25) is 0 Å². The number of ether oxygens (including phenoxy) is 1. The fourth-order valence-electron chi connectivity index (χ4n) is 2.86. The van der Waals surface area contributed by atoms with Gasteiger partial charge < -0.3 is 52.0 Å². The SMILES string of the molecule is [B-]P(=O)(OC[C@H]1O[C@@H](n2cnc3c(N)nc(SC)nc32)[C@H](O)[C@@H]1O)OP(=O)(O)C(Cl)(Cl)P(=O)(O)O. The molecule has 1 aliphatic rings. The zero-order valence-electron chi connectivity index (χ0n) is 17.2. The number of anilines is 1. The highest BCUT2D eigenvalue weighted by atomic mass is 35.5. The summed E-state index contributed by atoms with van der Waals surface area (Å²) in [5.74, 6) is 0.0608. The van der Waals surface area contributed by atoms with Gasteiger partial charge in [0.15, 0.2) is 22.8 Å². The summed E-state index contributed by atoms with van der Waals surface area (Å²) in [4.78, 5) is 40.2. The first-order valence-electron chi connectivity index (χ1n) is 8.98. The summed E-state index contributed by atoms with van der Waals surface area (Å²) in [6, 6.07) is 0. The molecular weight excluding hydrogens is 597 g/mol. The Hall–Kier alpha value is -0.285. The first-order chi connectivity index (χ1) is 15.9. The zero-order chi connectivity index (χ0) is 26.6. The largest absolute Gasteiger partial charge is 0.443 e. The summed E-state index contributed by atoms with van der Waals surface area (Å²) < 4.78 is 47.7. The first kappa shape index (κ1) is 29.3. The number of hydrogen-bond donors (Lipinski definition) is 6. The Labute approximate surface area is 212 Å². The van der Waals surface area contributed by atoms with Gasteiger partial charge in [-0.25, -0.2) is 15.0 Å². The number of nitrogens with two attached hydrogens (primary N) is 1. The van der Waals surface area contributed by atoms with Gasteiger partial charge in [-0.1, -0.05) is 35.0 Å². The van der Waals surface area contributed by atoms with E-state index < -0.39 is 57.6 Å². The minimum atomic E-state index is -5.76. The molecule has 0 spiro atoms. The molecule has 0 aliphatic carbocycles. The summed E-state index contributed by atoms with van der Waals surface area (Å²) in [6.45, 7) is -0.879. The van der Waals surface area contributed by atoms with Crippen LogP contribution in [0.15, 0.2) is 11.5 Å². The molecule has 35 heavy (non-hydrogen) atoms. The molecule has 2 aromatic heterocycles. The van der Waals surface area contributed by atoms with Gasteiger partial charge in [-0.2, -0.15) is 0 Å². The summed E-state index contributed by atoms with van der Waals surface area (Å²) in [5, 5.41) is 21.1. The van der Waals surface area contributed by atoms with Crippen molar-refractivity contribution in [2.45, 2.75) is 33.5 Å². The lowest BCUT2D eigenvalue weighted by Gasteiger charge is -2.33. The van der Waals surface area contributed by atoms with E-state index in [9.17, 15) is 28.8 Å². The first-order valence-corrected chi connectivity index (χ1v) is 15.8. The Bertz CT molecular complexity index is 1270. The predicted molar refractivity (Wildman–Crippen MR) is 124 cm³/mol. The second kappa shape index (κ2) is 10.1. The third-order valence-corrected chi connectivity index (χ3v) is 12.9. The number of nitrogen functional groups attached to an aromatic ring is 1. The predicted octanol–water partition coefficient (Wildman–Crippen LogP) is 0.511. The number of thioether (sulfide) groups is 1. The van der Waals surface area contributed by atoms with Crippen molar-refractivity contribution in [2.75, 3.05) is 18.6 Å². The molecule has 195 valence electrons. The molecule has 7 N–H and O–H groups in total. The number of aromatic nitrogens is 4. The van der Waals surface area contributed by atoms with E-state index in [0.717, 1.165) is 0 Å². The highest BCUT2D eigenvalue weighted by Gasteiger charge is 2.61. The van der Waals surface area contributed by atoms with Gasteiger partial charge >= 0.3 is 19.0 Å². The van der Waals surface area contributed by atoms with E-state index >= 15 is 0 Å². The number of hydrogen-bond acceptors (Lipinski definition) is 13. The van der Waals surface area contributed by atoms with Crippen molar-refractivity contribution in [3.05, 3.63) is 6.33 Å². The monoisotopic (exact) mass is 613 g/mol. The van der Waals surface area contributed by atoms with Crippen LogP contribution in [0.4, 0.5) is 5.82 Å².